The number of fused-ring (bicyclic) bond motifs is 1. The molecule has 0 aliphatic heterocycles. The molecular weight excluding hydrogens is 336 g/mol. The van der Waals surface area contributed by atoms with Gasteiger partial charge in [0, 0.05) is 36.5 Å². The Balaban J connectivity index is 1.56. The molecule has 0 saturated carbocycles. The van der Waals surface area contributed by atoms with Gasteiger partial charge >= 0.3 is 0 Å². The number of benzene rings is 2. The van der Waals surface area contributed by atoms with Gasteiger partial charge in [-0.05, 0) is 35.2 Å². The van der Waals surface area contributed by atoms with Crippen molar-refractivity contribution in [2.75, 3.05) is 0 Å². The predicted molar refractivity (Wildman–Crippen MR) is 107 cm³/mol. The van der Waals surface area contributed by atoms with Gasteiger partial charge in [0.2, 0.25) is 0 Å². The fourth-order valence-corrected chi connectivity index (χ4v) is 3.41. The third-order valence-electron chi connectivity index (χ3n) is 4.88. The molecule has 1 heterocycles. The maximum atomic E-state index is 12.4. The molecule has 2 aromatic carbocycles. The SMILES string of the molecule is Cn1cc(-c2ccc(C(=O)NCc3ccccc3)cc2)c2c(c1=O)CC=C2. The maximum Gasteiger partial charge on any atom is 0.254 e. The van der Waals surface area contributed by atoms with Crippen LogP contribution in [0.15, 0.2) is 71.7 Å². The summed E-state index contributed by atoms with van der Waals surface area (Å²) in [5, 5.41) is 2.94. The van der Waals surface area contributed by atoms with Crippen LogP contribution in [-0.4, -0.2) is 10.5 Å². The van der Waals surface area contributed by atoms with Crippen LogP contribution in [-0.2, 0) is 20.0 Å². The first-order valence-electron chi connectivity index (χ1n) is 8.95. The van der Waals surface area contributed by atoms with Crippen LogP contribution in [0.1, 0.15) is 27.0 Å². The summed E-state index contributed by atoms with van der Waals surface area (Å²) >= 11 is 0. The minimum atomic E-state index is -0.101. The quantitative estimate of drug-likeness (QED) is 0.777. The fraction of sp³-hybridized carbons (Fsp3) is 0.130. The van der Waals surface area contributed by atoms with Crippen LogP contribution < -0.4 is 10.9 Å². The first kappa shape index (κ1) is 17.0. The van der Waals surface area contributed by atoms with Crippen LogP contribution >= 0.6 is 0 Å². The monoisotopic (exact) mass is 356 g/mol. The van der Waals surface area contributed by atoms with E-state index in [1.807, 2.05) is 72.9 Å². The largest absolute Gasteiger partial charge is 0.348 e. The number of carbonyl (C=O) groups excluding carboxylic acids is 1. The minimum Gasteiger partial charge on any atom is -0.348 e. The second kappa shape index (κ2) is 7.08. The van der Waals surface area contributed by atoms with E-state index in [1.165, 1.54) is 0 Å². The molecule has 4 nitrogen and oxygen atoms in total. The number of pyridine rings is 1. The zero-order chi connectivity index (χ0) is 18.8. The van der Waals surface area contributed by atoms with Gasteiger partial charge in [-0.3, -0.25) is 9.59 Å². The lowest BCUT2D eigenvalue weighted by Gasteiger charge is -2.11. The lowest BCUT2D eigenvalue weighted by molar-refractivity contribution is 0.0951. The van der Waals surface area contributed by atoms with Gasteiger partial charge in [-0.1, -0.05) is 54.6 Å². The Bertz CT molecular complexity index is 1080. The molecule has 0 fully saturated rings. The van der Waals surface area contributed by atoms with Crippen molar-refractivity contribution in [1.29, 1.82) is 0 Å². The number of hydrogen-bond acceptors (Lipinski definition) is 2. The molecule has 0 saturated heterocycles. The number of rotatable bonds is 4. The third-order valence-corrected chi connectivity index (χ3v) is 4.88. The number of allylic oxidation sites excluding steroid dienone is 1. The van der Waals surface area contributed by atoms with E-state index in [1.54, 1.807) is 11.6 Å². The molecule has 0 bridgehead atoms. The average Bonchev–Trinajstić information content (AvgIpc) is 3.20. The van der Waals surface area contributed by atoms with E-state index >= 15 is 0 Å². The van der Waals surface area contributed by atoms with E-state index in [0.29, 0.717) is 18.5 Å². The van der Waals surface area contributed by atoms with Gasteiger partial charge in [0.25, 0.3) is 11.5 Å². The molecule has 4 heteroatoms. The van der Waals surface area contributed by atoms with Crippen LogP contribution in [0.4, 0.5) is 0 Å². The van der Waals surface area contributed by atoms with Gasteiger partial charge in [0.15, 0.2) is 0 Å². The second-order valence-corrected chi connectivity index (χ2v) is 6.70. The van der Waals surface area contributed by atoms with Gasteiger partial charge in [0.1, 0.15) is 0 Å². The summed E-state index contributed by atoms with van der Waals surface area (Å²) in [5.74, 6) is -0.101. The van der Waals surface area contributed by atoms with Gasteiger partial charge in [-0.2, -0.15) is 0 Å². The number of aromatic nitrogens is 1. The summed E-state index contributed by atoms with van der Waals surface area (Å²) in [6.45, 7) is 0.501. The summed E-state index contributed by atoms with van der Waals surface area (Å²) in [4.78, 5) is 24.6. The van der Waals surface area contributed by atoms with Crippen molar-refractivity contribution < 1.29 is 4.79 Å². The second-order valence-electron chi connectivity index (χ2n) is 6.70. The molecular formula is C23H20N2O2. The molecule has 0 unspecified atom stereocenters. The Morgan fingerprint density at radius 1 is 1.07 bits per heavy atom. The summed E-state index contributed by atoms with van der Waals surface area (Å²) < 4.78 is 1.63. The Kier molecular flexibility index (Phi) is 4.47. The molecule has 1 aliphatic carbocycles. The number of aryl methyl sites for hydroxylation is 1. The molecule has 1 N–H and O–H groups in total. The molecule has 0 spiro atoms. The van der Waals surface area contributed by atoms with E-state index in [2.05, 4.69) is 5.32 Å². The molecule has 134 valence electrons. The van der Waals surface area contributed by atoms with Crippen LogP contribution in [0.2, 0.25) is 0 Å². The van der Waals surface area contributed by atoms with Crippen molar-refractivity contribution in [2.24, 2.45) is 7.05 Å². The maximum absolute atomic E-state index is 12.4. The standard InChI is InChI=1S/C23H20N2O2/c1-25-15-21(19-8-5-9-20(19)23(25)27)17-10-12-18(13-11-17)22(26)24-14-16-6-3-2-4-7-16/h2-8,10-13,15H,9,14H2,1H3,(H,24,26). The summed E-state index contributed by atoms with van der Waals surface area (Å²) in [6.07, 6.45) is 6.56. The Labute approximate surface area is 157 Å². The van der Waals surface area contributed by atoms with Gasteiger partial charge < -0.3 is 9.88 Å². The lowest BCUT2D eigenvalue weighted by Crippen LogP contribution is -2.22. The highest BCUT2D eigenvalue weighted by Crippen LogP contribution is 2.29. The highest BCUT2D eigenvalue weighted by molar-refractivity contribution is 5.94. The first-order valence-corrected chi connectivity index (χ1v) is 8.95. The van der Waals surface area contributed by atoms with Crippen LogP contribution in [0.25, 0.3) is 17.2 Å². The fourth-order valence-electron chi connectivity index (χ4n) is 3.41. The summed E-state index contributed by atoms with van der Waals surface area (Å²) in [6, 6.07) is 17.3. The van der Waals surface area contributed by atoms with Crippen LogP contribution in [0.5, 0.6) is 0 Å². The van der Waals surface area contributed by atoms with Crippen molar-refractivity contribution in [3.05, 3.63) is 99.5 Å². The smallest absolute Gasteiger partial charge is 0.254 e. The lowest BCUT2D eigenvalue weighted by atomic mass is 9.98. The first-order chi connectivity index (χ1) is 13.1. The van der Waals surface area contributed by atoms with Gasteiger partial charge in [-0.25, -0.2) is 0 Å². The van der Waals surface area contributed by atoms with Crippen molar-refractivity contribution in [2.45, 2.75) is 13.0 Å². The minimum absolute atomic E-state index is 0.0515. The Morgan fingerprint density at radius 2 is 1.81 bits per heavy atom. The van der Waals surface area contributed by atoms with Crippen molar-refractivity contribution >= 4 is 12.0 Å². The van der Waals surface area contributed by atoms with E-state index in [9.17, 15) is 9.59 Å². The number of hydrogen-bond donors (Lipinski definition) is 1. The van der Waals surface area contributed by atoms with Crippen molar-refractivity contribution in [3.8, 4) is 11.1 Å². The highest BCUT2D eigenvalue weighted by atomic mass is 16.1. The van der Waals surface area contributed by atoms with Crippen LogP contribution in [0, 0.1) is 0 Å². The molecule has 3 aromatic rings. The highest BCUT2D eigenvalue weighted by Gasteiger charge is 2.17. The number of nitrogens with zero attached hydrogens (tertiary/aromatic N) is 1. The van der Waals surface area contributed by atoms with E-state index in [4.69, 9.17) is 0 Å². The topological polar surface area (TPSA) is 51.1 Å². The average molecular weight is 356 g/mol. The van der Waals surface area contributed by atoms with E-state index in [0.717, 1.165) is 27.8 Å². The Hall–Kier alpha value is -3.40. The molecule has 4 rings (SSSR count). The number of amides is 1. The summed E-state index contributed by atoms with van der Waals surface area (Å²) in [5.41, 5.74) is 5.56. The zero-order valence-electron chi connectivity index (χ0n) is 15.1. The van der Waals surface area contributed by atoms with Crippen molar-refractivity contribution in [3.63, 3.8) is 0 Å². The third kappa shape index (κ3) is 3.34. The molecule has 1 aliphatic rings. The van der Waals surface area contributed by atoms with Crippen molar-refractivity contribution in [1.82, 2.24) is 9.88 Å². The van der Waals surface area contributed by atoms with Gasteiger partial charge in [0.05, 0.1) is 0 Å². The molecule has 0 atom stereocenters. The Morgan fingerprint density at radius 3 is 2.56 bits per heavy atom. The predicted octanol–water partition coefficient (Wildman–Crippen LogP) is 3.55. The molecule has 1 amide bonds. The summed E-state index contributed by atoms with van der Waals surface area (Å²) in [7, 11) is 1.77. The number of carbonyl (C=O) groups is 1. The number of nitrogens with one attached hydrogen (secondary N) is 1. The van der Waals surface area contributed by atoms with E-state index < -0.39 is 0 Å². The van der Waals surface area contributed by atoms with Gasteiger partial charge in [-0.15, -0.1) is 0 Å². The van der Waals surface area contributed by atoms with Crippen LogP contribution in [0.3, 0.4) is 0 Å². The van der Waals surface area contributed by atoms with E-state index in [-0.39, 0.29) is 11.5 Å². The molecule has 27 heavy (non-hydrogen) atoms. The molecule has 1 aromatic heterocycles. The normalized spacial score (nSPS) is 12.0. The zero-order valence-corrected chi connectivity index (χ0v) is 15.1. The molecule has 0 radical (unpaired) electrons.